The summed E-state index contributed by atoms with van der Waals surface area (Å²) in [5.41, 5.74) is 1.23. The lowest BCUT2D eigenvalue weighted by molar-refractivity contribution is 0.481. The average molecular weight is 290 g/mol. The number of hydrogen-bond acceptors (Lipinski definition) is 3. The van der Waals surface area contributed by atoms with E-state index in [1.165, 1.54) is 11.8 Å². The van der Waals surface area contributed by atoms with Crippen molar-refractivity contribution in [1.82, 2.24) is 0 Å². The van der Waals surface area contributed by atoms with E-state index in [4.69, 9.17) is 4.74 Å². The number of hydrogen-bond donors (Lipinski definition) is 0. The van der Waals surface area contributed by atoms with E-state index in [9.17, 15) is 8.42 Å². The zero-order valence-electron chi connectivity index (χ0n) is 11.7. The standard InChI is InChI=1S/C16H18O3S/c1-3-5-13-6-4-7-15(12-13)19-14-8-10-16(11-9-14)20(2,17)18/h4,6-12H,3,5H2,1-2H3. The maximum absolute atomic E-state index is 11.4. The van der Waals surface area contributed by atoms with Crippen molar-refractivity contribution in [2.75, 3.05) is 6.26 Å². The van der Waals surface area contributed by atoms with Gasteiger partial charge in [-0.2, -0.15) is 0 Å². The molecule has 0 fully saturated rings. The molecule has 0 heterocycles. The van der Waals surface area contributed by atoms with Crippen molar-refractivity contribution in [2.24, 2.45) is 0 Å². The molecular weight excluding hydrogens is 272 g/mol. The highest BCUT2D eigenvalue weighted by molar-refractivity contribution is 7.90. The van der Waals surface area contributed by atoms with E-state index in [2.05, 4.69) is 13.0 Å². The fourth-order valence-corrected chi connectivity index (χ4v) is 2.57. The molecule has 0 radical (unpaired) electrons. The first kappa shape index (κ1) is 14.6. The van der Waals surface area contributed by atoms with Crippen molar-refractivity contribution < 1.29 is 13.2 Å². The molecule has 0 aliphatic heterocycles. The Morgan fingerprint density at radius 3 is 2.30 bits per heavy atom. The van der Waals surface area contributed by atoms with E-state index in [0.29, 0.717) is 10.6 Å². The molecule has 3 nitrogen and oxygen atoms in total. The lowest BCUT2D eigenvalue weighted by atomic mass is 10.1. The van der Waals surface area contributed by atoms with Crippen molar-refractivity contribution in [3.63, 3.8) is 0 Å². The third kappa shape index (κ3) is 3.84. The van der Waals surface area contributed by atoms with Crippen LogP contribution in [0, 0.1) is 0 Å². The van der Waals surface area contributed by atoms with Crippen LogP contribution in [0.15, 0.2) is 53.4 Å². The molecule has 106 valence electrons. The lowest BCUT2D eigenvalue weighted by Crippen LogP contribution is -1.96. The normalized spacial score (nSPS) is 11.3. The summed E-state index contributed by atoms with van der Waals surface area (Å²) in [5, 5.41) is 0. The predicted molar refractivity (Wildman–Crippen MR) is 80.1 cm³/mol. The Labute approximate surface area is 120 Å². The van der Waals surface area contributed by atoms with Gasteiger partial charge in [0.25, 0.3) is 0 Å². The van der Waals surface area contributed by atoms with Crippen LogP contribution in [0.3, 0.4) is 0 Å². The molecule has 0 atom stereocenters. The van der Waals surface area contributed by atoms with Gasteiger partial charge in [0.1, 0.15) is 11.5 Å². The maximum atomic E-state index is 11.4. The van der Waals surface area contributed by atoms with Gasteiger partial charge in [0.15, 0.2) is 9.84 Å². The summed E-state index contributed by atoms with van der Waals surface area (Å²) < 4.78 is 28.5. The van der Waals surface area contributed by atoms with Crippen molar-refractivity contribution >= 4 is 9.84 Å². The summed E-state index contributed by atoms with van der Waals surface area (Å²) in [6.07, 6.45) is 3.30. The van der Waals surface area contributed by atoms with Gasteiger partial charge in [0.2, 0.25) is 0 Å². The van der Waals surface area contributed by atoms with Crippen LogP contribution in [0.2, 0.25) is 0 Å². The summed E-state index contributed by atoms with van der Waals surface area (Å²) in [6.45, 7) is 2.14. The van der Waals surface area contributed by atoms with Crippen LogP contribution >= 0.6 is 0 Å². The molecule has 0 aliphatic rings. The van der Waals surface area contributed by atoms with E-state index in [1.807, 2.05) is 18.2 Å². The molecule has 0 N–H and O–H groups in total. The Kier molecular flexibility index (Phi) is 4.45. The highest BCUT2D eigenvalue weighted by atomic mass is 32.2. The van der Waals surface area contributed by atoms with Gasteiger partial charge in [-0.05, 0) is 48.4 Å². The minimum absolute atomic E-state index is 0.296. The molecule has 0 spiro atoms. The molecule has 0 bridgehead atoms. The Morgan fingerprint density at radius 1 is 1.00 bits per heavy atom. The molecule has 0 saturated heterocycles. The molecule has 20 heavy (non-hydrogen) atoms. The van der Waals surface area contributed by atoms with E-state index in [0.717, 1.165) is 18.6 Å². The van der Waals surface area contributed by atoms with Crippen LogP contribution in [-0.4, -0.2) is 14.7 Å². The average Bonchev–Trinajstić information content (AvgIpc) is 2.39. The predicted octanol–water partition coefficient (Wildman–Crippen LogP) is 3.83. The highest BCUT2D eigenvalue weighted by Crippen LogP contribution is 2.24. The second-order valence-electron chi connectivity index (χ2n) is 4.74. The molecule has 4 heteroatoms. The molecular formula is C16H18O3S. The van der Waals surface area contributed by atoms with Crippen molar-refractivity contribution in [3.8, 4) is 11.5 Å². The molecule has 2 aromatic rings. The van der Waals surface area contributed by atoms with Crippen LogP contribution < -0.4 is 4.74 Å². The minimum atomic E-state index is -3.16. The molecule has 2 aromatic carbocycles. The maximum Gasteiger partial charge on any atom is 0.175 e. The molecule has 0 aliphatic carbocycles. The van der Waals surface area contributed by atoms with Gasteiger partial charge in [-0.25, -0.2) is 8.42 Å². The Morgan fingerprint density at radius 2 is 1.70 bits per heavy atom. The third-order valence-corrected chi connectivity index (χ3v) is 4.05. The number of aryl methyl sites for hydroxylation is 1. The fraction of sp³-hybridized carbons (Fsp3) is 0.250. The van der Waals surface area contributed by atoms with Gasteiger partial charge in [-0.15, -0.1) is 0 Å². The molecule has 0 aromatic heterocycles. The zero-order valence-corrected chi connectivity index (χ0v) is 12.5. The second-order valence-corrected chi connectivity index (χ2v) is 6.76. The quantitative estimate of drug-likeness (QED) is 0.840. The van der Waals surface area contributed by atoms with E-state index in [1.54, 1.807) is 24.3 Å². The van der Waals surface area contributed by atoms with Gasteiger partial charge >= 0.3 is 0 Å². The summed E-state index contributed by atoms with van der Waals surface area (Å²) in [5.74, 6) is 1.40. The van der Waals surface area contributed by atoms with Gasteiger partial charge in [0.05, 0.1) is 4.90 Å². The fourth-order valence-electron chi connectivity index (χ4n) is 1.94. The topological polar surface area (TPSA) is 43.4 Å². The first-order valence-electron chi connectivity index (χ1n) is 6.56. The zero-order chi connectivity index (χ0) is 14.6. The highest BCUT2D eigenvalue weighted by Gasteiger charge is 2.06. The Balaban J connectivity index is 2.16. The number of ether oxygens (including phenoxy) is 1. The summed E-state index contributed by atoms with van der Waals surface area (Å²) in [4.78, 5) is 0.296. The van der Waals surface area contributed by atoms with E-state index >= 15 is 0 Å². The van der Waals surface area contributed by atoms with Crippen LogP contribution in [0.1, 0.15) is 18.9 Å². The molecule has 0 amide bonds. The van der Waals surface area contributed by atoms with Crippen molar-refractivity contribution in [3.05, 3.63) is 54.1 Å². The van der Waals surface area contributed by atoms with Crippen LogP contribution in [0.25, 0.3) is 0 Å². The Hall–Kier alpha value is -1.81. The molecule has 2 rings (SSSR count). The third-order valence-electron chi connectivity index (χ3n) is 2.92. The SMILES string of the molecule is CCCc1cccc(Oc2ccc(S(C)(=O)=O)cc2)c1. The molecule has 0 unspecified atom stereocenters. The number of sulfone groups is 1. The lowest BCUT2D eigenvalue weighted by Gasteiger charge is -2.08. The van der Waals surface area contributed by atoms with Gasteiger partial charge < -0.3 is 4.74 Å². The molecule has 0 saturated carbocycles. The van der Waals surface area contributed by atoms with Crippen molar-refractivity contribution in [2.45, 2.75) is 24.7 Å². The number of benzene rings is 2. The minimum Gasteiger partial charge on any atom is -0.457 e. The second kappa shape index (κ2) is 6.09. The largest absolute Gasteiger partial charge is 0.457 e. The van der Waals surface area contributed by atoms with Crippen LogP contribution in [0.5, 0.6) is 11.5 Å². The smallest absolute Gasteiger partial charge is 0.175 e. The van der Waals surface area contributed by atoms with Gasteiger partial charge in [-0.3, -0.25) is 0 Å². The van der Waals surface area contributed by atoms with Crippen LogP contribution in [-0.2, 0) is 16.3 Å². The van der Waals surface area contributed by atoms with Crippen molar-refractivity contribution in [1.29, 1.82) is 0 Å². The van der Waals surface area contributed by atoms with Crippen LogP contribution in [0.4, 0.5) is 0 Å². The summed E-state index contributed by atoms with van der Waals surface area (Å²) in [7, 11) is -3.16. The first-order valence-corrected chi connectivity index (χ1v) is 8.45. The van der Waals surface area contributed by atoms with Gasteiger partial charge in [-0.1, -0.05) is 25.5 Å². The van der Waals surface area contributed by atoms with E-state index < -0.39 is 9.84 Å². The summed E-state index contributed by atoms with van der Waals surface area (Å²) >= 11 is 0. The monoisotopic (exact) mass is 290 g/mol. The van der Waals surface area contributed by atoms with Gasteiger partial charge in [0, 0.05) is 6.26 Å². The number of rotatable bonds is 5. The summed E-state index contributed by atoms with van der Waals surface area (Å²) in [6, 6.07) is 14.4. The van der Waals surface area contributed by atoms with E-state index in [-0.39, 0.29) is 0 Å². The Bertz CT molecular complexity index is 673. The first-order chi connectivity index (χ1) is 9.49.